The average molecular weight is 392 g/mol. The van der Waals surface area contributed by atoms with Crippen LogP contribution in [0.5, 0.6) is 5.75 Å². The zero-order valence-electron chi connectivity index (χ0n) is 16.7. The lowest BCUT2D eigenvalue weighted by Gasteiger charge is -2.35. The Morgan fingerprint density at radius 3 is 2.41 bits per heavy atom. The number of rotatable bonds is 5. The van der Waals surface area contributed by atoms with Crippen molar-refractivity contribution in [1.29, 1.82) is 0 Å². The van der Waals surface area contributed by atoms with E-state index >= 15 is 0 Å². The number of para-hydroxylation sites is 1. The summed E-state index contributed by atoms with van der Waals surface area (Å²) in [6, 6.07) is 11.4. The molecule has 2 aromatic heterocycles. The minimum Gasteiger partial charge on any atom is -0.484 e. The van der Waals surface area contributed by atoms with E-state index in [4.69, 9.17) is 4.74 Å². The predicted octanol–water partition coefficient (Wildman–Crippen LogP) is 2.01. The fraction of sp³-hybridized carbons (Fsp3) is 0.333. The predicted molar refractivity (Wildman–Crippen MR) is 109 cm³/mol. The number of aromatic nitrogens is 4. The molecule has 1 aliphatic rings. The molecular formula is C21H24N6O2. The molecule has 0 unspecified atom stereocenters. The van der Waals surface area contributed by atoms with Crippen LogP contribution in [0.2, 0.25) is 0 Å². The first-order valence-electron chi connectivity index (χ1n) is 9.65. The van der Waals surface area contributed by atoms with Crippen molar-refractivity contribution in [3.8, 4) is 11.6 Å². The third-order valence-corrected chi connectivity index (χ3v) is 5.20. The summed E-state index contributed by atoms with van der Waals surface area (Å²) < 4.78 is 7.54. The number of piperazine rings is 1. The number of benzene rings is 1. The SMILES string of the molecule is Cc1ncn(-c2cc(N3CCN(C(=O)COc4ccccc4)CC3)ncn2)c1C. The second kappa shape index (κ2) is 8.30. The van der Waals surface area contributed by atoms with Crippen LogP contribution in [0.4, 0.5) is 5.82 Å². The summed E-state index contributed by atoms with van der Waals surface area (Å²) in [6.45, 7) is 6.77. The lowest BCUT2D eigenvalue weighted by molar-refractivity contribution is -0.133. The van der Waals surface area contributed by atoms with Crippen molar-refractivity contribution in [2.45, 2.75) is 13.8 Å². The van der Waals surface area contributed by atoms with Crippen molar-refractivity contribution < 1.29 is 9.53 Å². The minimum atomic E-state index is 0.00129. The molecule has 150 valence electrons. The van der Waals surface area contributed by atoms with Gasteiger partial charge >= 0.3 is 0 Å². The molecule has 4 rings (SSSR count). The van der Waals surface area contributed by atoms with Crippen molar-refractivity contribution >= 4 is 11.7 Å². The standard InChI is InChI=1S/C21H24N6O2/c1-16-17(2)27(15-24-16)20-12-19(22-14-23-20)25-8-10-26(11-9-25)21(28)13-29-18-6-4-3-5-7-18/h3-7,12,14-15H,8-11,13H2,1-2H3. The molecule has 1 amide bonds. The Morgan fingerprint density at radius 1 is 1.00 bits per heavy atom. The molecule has 1 aromatic carbocycles. The normalized spacial score (nSPS) is 14.1. The number of ether oxygens (including phenoxy) is 1. The van der Waals surface area contributed by atoms with Crippen LogP contribution < -0.4 is 9.64 Å². The summed E-state index contributed by atoms with van der Waals surface area (Å²) in [4.78, 5) is 29.6. The van der Waals surface area contributed by atoms with Crippen LogP contribution in [0.1, 0.15) is 11.4 Å². The van der Waals surface area contributed by atoms with Crippen LogP contribution in [0.25, 0.3) is 5.82 Å². The molecule has 0 atom stereocenters. The van der Waals surface area contributed by atoms with E-state index in [2.05, 4.69) is 19.9 Å². The van der Waals surface area contributed by atoms with Gasteiger partial charge in [-0.1, -0.05) is 18.2 Å². The molecule has 1 fully saturated rings. The third-order valence-electron chi connectivity index (χ3n) is 5.20. The molecule has 8 heteroatoms. The molecular weight excluding hydrogens is 368 g/mol. The number of hydrogen-bond acceptors (Lipinski definition) is 6. The van der Waals surface area contributed by atoms with E-state index in [1.165, 1.54) is 0 Å². The molecule has 0 bridgehead atoms. The van der Waals surface area contributed by atoms with Gasteiger partial charge in [0.2, 0.25) is 0 Å². The van der Waals surface area contributed by atoms with Gasteiger partial charge < -0.3 is 14.5 Å². The van der Waals surface area contributed by atoms with Crippen LogP contribution in [0.3, 0.4) is 0 Å². The van der Waals surface area contributed by atoms with Gasteiger partial charge in [-0.15, -0.1) is 0 Å². The van der Waals surface area contributed by atoms with Crippen LogP contribution in [-0.2, 0) is 4.79 Å². The van der Waals surface area contributed by atoms with Gasteiger partial charge in [-0.05, 0) is 26.0 Å². The second-order valence-electron chi connectivity index (χ2n) is 6.99. The van der Waals surface area contributed by atoms with Crippen molar-refractivity contribution in [2.24, 2.45) is 0 Å². The molecule has 0 radical (unpaired) electrons. The number of carbonyl (C=O) groups is 1. The Morgan fingerprint density at radius 2 is 1.72 bits per heavy atom. The van der Waals surface area contributed by atoms with Gasteiger partial charge in [-0.3, -0.25) is 9.36 Å². The first-order valence-corrected chi connectivity index (χ1v) is 9.65. The lowest BCUT2D eigenvalue weighted by atomic mass is 10.3. The Hall–Kier alpha value is -3.42. The molecule has 8 nitrogen and oxygen atoms in total. The van der Waals surface area contributed by atoms with Gasteiger partial charge in [0.15, 0.2) is 6.61 Å². The zero-order chi connectivity index (χ0) is 20.2. The molecule has 0 saturated carbocycles. The first-order chi connectivity index (χ1) is 14.1. The van der Waals surface area contributed by atoms with E-state index in [9.17, 15) is 4.79 Å². The fourth-order valence-electron chi connectivity index (χ4n) is 3.31. The third kappa shape index (κ3) is 4.21. The summed E-state index contributed by atoms with van der Waals surface area (Å²) in [6.07, 6.45) is 3.35. The average Bonchev–Trinajstić information content (AvgIpc) is 3.11. The fourth-order valence-corrected chi connectivity index (χ4v) is 3.31. The van der Waals surface area contributed by atoms with Crippen molar-refractivity contribution in [2.75, 3.05) is 37.7 Å². The highest BCUT2D eigenvalue weighted by atomic mass is 16.5. The summed E-state index contributed by atoms with van der Waals surface area (Å²) >= 11 is 0. The number of hydrogen-bond donors (Lipinski definition) is 0. The Labute approximate surface area is 169 Å². The Bertz CT molecular complexity index is 980. The largest absolute Gasteiger partial charge is 0.484 e. The maximum Gasteiger partial charge on any atom is 0.260 e. The van der Waals surface area contributed by atoms with Gasteiger partial charge in [-0.25, -0.2) is 15.0 Å². The summed E-state index contributed by atoms with van der Waals surface area (Å²) in [5.41, 5.74) is 2.04. The highest BCUT2D eigenvalue weighted by molar-refractivity contribution is 5.78. The molecule has 1 aliphatic heterocycles. The number of imidazole rings is 1. The molecule has 1 saturated heterocycles. The minimum absolute atomic E-state index is 0.00129. The quantitative estimate of drug-likeness (QED) is 0.661. The van der Waals surface area contributed by atoms with Gasteiger partial charge in [0.05, 0.1) is 5.69 Å². The van der Waals surface area contributed by atoms with Gasteiger partial charge in [0.25, 0.3) is 5.91 Å². The van der Waals surface area contributed by atoms with Crippen LogP contribution in [0, 0.1) is 13.8 Å². The zero-order valence-corrected chi connectivity index (χ0v) is 16.7. The van der Waals surface area contributed by atoms with Crippen molar-refractivity contribution in [1.82, 2.24) is 24.4 Å². The maximum absolute atomic E-state index is 12.4. The van der Waals surface area contributed by atoms with Crippen LogP contribution >= 0.6 is 0 Å². The first kappa shape index (κ1) is 18.9. The lowest BCUT2D eigenvalue weighted by Crippen LogP contribution is -2.50. The van der Waals surface area contributed by atoms with Gasteiger partial charge in [0.1, 0.15) is 30.0 Å². The number of nitrogens with zero attached hydrogens (tertiary/aromatic N) is 6. The van der Waals surface area contributed by atoms with Gasteiger partial charge in [-0.2, -0.15) is 0 Å². The Kier molecular flexibility index (Phi) is 5.41. The highest BCUT2D eigenvalue weighted by Crippen LogP contribution is 2.18. The van der Waals surface area contributed by atoms with Crippen LogP contribution in [0.15, 0.2) is 49.1 Å². The topological polar surface area (TPSA) is 76.4 Å². The molecule has 29 heavy (non-hydrogen) atoms. The van der Waals surface area contributed by atoms with E-state index in [1.807, 2.05) is 59.7 Å². The second-order valence-corrected chi connectivity index (χ2v) is 6.99. The smallest absolute Gasteiger partial charge is 0.260 e. The van der Waals surface area contributed by atoms with E-state index in [1.54, 1.807) is 12.7 Å². The molecule has 0 N–H and O–H groups in total. The van der Waals surface area contributed by atoms with Crippen molar-refractivity contribution in [3.63, 3.8) is 0 Å². The summed E-state index contributed by atoms with van der Waals surface area (Å²) in [5, 5.41) is 0. The molecule has 3 aromatic rings. The van der Waals surface area contributed by atoms with E-state index in [-0.39, 0.29) is 12.5 Å². The van der Waals surface area contributed by atoms with E-state index < -0.39 is 0 Å². The van der Waals surface area contributed by atoms with E-state index in [0.29, 0.717) is 18.8 Å². The number of anilines is 1. The van der Waals surface area contributed by atoms with Gasteiger partial charge in [0, 0.05) is 37.9 Å². The highest BCUT2D eigenvalue weighted by Gasteiger charge is 2.22. The number of amides is 1. The molecule has 0 aliphatic carbocycles. The summed E-state index contributed by atoms with van der Waals surface area (Å²) in [5.74, 6) is 2.36. The molecule has 0 spiro atoms. The van der Waals surface area contributed by atoms with Crippen LogP contribution in [-0.4, -0.2) is 63.1 Å². The molecule has 3 heterocycles. The Balaban J connectivity index is 1.35. The van der Waals surface area contributed by atoms with E-state index in [0.717, 1.165) is 36.1 Å². The van der Waals surface area contributed by atoms with Crippen molar-refractivity contribution in [3.05, 3.63) is 60.4 Å². The monoisotopic (exact) mass is 392 g/mol. The number of aryl methyl sites for hydroxylation is 1. The maximum atomic E-state index is 12.4. The summed E-state index contributed by atoms with van der Waals surface area (Å²) in [7, 11) is 0. The number of carbonyl (C=O) groups excluding carboxylic acids is 1.